The van der Waals surface area contributed by atoms with Gasteiger partial charge in [-0.3, -0.25) is 0 Å². The van der Waals surface area contributed by atoms with E-state index in [9.17, 15) is 8.78 Å². The molecule has 0 atom stereocenters. The van der Waals surface area contributed by atoms with E-state index in [4.69, 9.17) is 17.0 Å². The van der Waals surface area contributed by atoms with E-state index in [-0.39, 0.29) is 5.75 Å². The van der Waals surface area contributed by atoms with Gasteiger partial charge in [0.15, 0.2) is 0 Å². The number of benzene rings is 1. The first-order chi connectivity index (χ1) is 13.3. The number of aromatic nitrogens is 1. The van der Waals surface area contributed by atoms with Gasteiger partial charge < -0.3 is 10.1 Å². The maximum absolute atomic E-state index is 12.2. The van der Waals surface area contributed by atoms with Crippen molar-refractivity contribution < 1.29 is 13.5 Å². The van der Waals surface area contributed by atoms with Crippen molar-refractivity contribution in [1.82, 2.24) is 4.98 Å². The van der Waals surface area contributed by atoms with Crippen molar-refractivity contribution in [1.29, 1.82) is 5.41 Å². The summed E-state index contributed by atoms with van der Waals surface area (Å²) in [6.07, 6.45) is 3.28. The molecule has 2 aromatic rings. The molecule has 28 heavy (non-hydrogen) atoms. The predicted molar refractivity (Wildman–Crippen MR) is 118 cm³/mol. The van der Waals surface area contributed by atoms with E-state index in [2.05, 4.69) is 22.3 Å². The van der Waals surface area contributed by atoms with Crippen LogP contribution in [0.3, 0.4) is 0 Å². The Morgan fingerprint density at radius 2 is 2.07 bits per heavy atom. The van der Waals surface area contributed by atoms with Gasteiger partial charge in [0.1, 0.15) is 10.9 Å². The minimum atomic E-state index is -2.76. The Kier molecular flexibility index (Phi) is 11.5. The standard InChI is InChI=1S/C12H16F2OS2.C8H9ClN2/c1-2-3-9-8-10(17-7-6-16)4-5-11(9)15-12(13)14;1-5-3-8(9)11-4-7(5)6(2)10/h4-5,8,12,16H,2-3,6-7H2,1H3;3-4,10H,1-2H3. The summed E-state index contributed by atoms with van der Waals surface area (Å²) in [5.41, 5.74) is 3.22. The number of aryl methyl sites for hydroxylation is 2. The summed E-state index contributed by atoms with van der Waals surface area (Å²) in [5.74, 6) is 1.99. The zero-order valence-corrected chi connectivity index (χ0v) is 18.6. The lowest BCUT2D eigenvalue weighted by molar-refractivity contribution is -0.0504. The monoisotopic (exact) mass is 446 g/mol. The molecule has 0 radical (unpaired) electrons. The summed E-state index contributed by atoms with van der Waals surface area (Å²) in [4.78, 5) is 4.96. The molecule has 154 valence electrons. The summed E-state index contributed by atoms with van der Waals surface area (Å²) in [5, 5.41) is 7.84. The minimum absolute atomic E-state index is 0.289. The van der Waals surface area contributed by atoms with E-state index in [1.165, 1.54) is 0 Å². The molecule has 1 aromatic heterocycles. The third-order valence-corrected chi connectivity index (χ3v) is 5.34. The maximum Gasteiger partial charge on any atom is 0.387 e. The van der Waals surface area contributed by atoms with Crippen LogP contribution in [0.1, 0.15) is 37.0 Å². The van der Waals surface area contributed by atoms with E-state index in [0.29, 0.717) is 10.9 Å². The lowest BCUT2D eigenvalue weighted by atomic mass is 10.1. The summed E-state index contributed by atoms with van der Waals surface area (Å²) in [6.45, 7) is 2.90. The highest BCUT2D eigenvalue weighted by molar-refractivity contribution is 8.00. The van der Waals surface area contributed by atoms with Crippen LogP contribution in [0, 0.1) is 12.3 Å². The number of halogens is 3. The number of thioether (sulfide) groups is 1. The molecule has 0 saturated carbocycles. The molecule has 0 spiro atoms. The van der Waals surface area contributed by atoms with Gasteiger partial charge in [0, 0.05) is 28.1 Å². The molecular weight excluding hydrogens is 422 g/mol. The Morgan fingerprint density at radius 1 is 1.36 bits per heavy atom. The second-order valence-corrected chi connectivity index (χ2v) is 7.92. The van der Waals surface area contributed by atoms with Gasteiger partial charge in [-0.25, -0.2) is 4.98 Å². The van der Waals surface area contributed by atoms with Gasteiger partial charge in [-0.2, -0.15) is 21.4 Å². The van der Waals surface area contributed by atoms with Crippen LogP contribution in [0.2, 0.25) is 5.15 Å². The first-order valence-electron chi connectivity index (χ1n) is 8.77. The molecule has 8 heteroatoms. The molecule has 1 aromatic carbocycles. The fourth-order valence-electron chi connectivity index (χ4n) is 2.40. The van der Waals surface area contributed by atoms with Crippen molar-refractivity contribution in [2.24, 2.45) is 0 Å². The average Bonchev–Trinajstić information content (AvgIpc) is 2.62. The van der Waals surface area contributed by atoms with Gasteiger partial charge in [-0.1, -0.05) is 24.9 Å². The first-order valence-corrected chi connectivity index (χ1v) is 10.8. The van der Waals surface area contributed by atoms with Gasteiger partial charge in [-0.15, -0.1) is 11.8 Å². The Bertz CT molecular complexity index is 776. The Balaban J connectivity index is 0.000000307. The first kappa shape index (κ1) is 24.7. The number of ether oxygens (including phenoxy) is 1. The average molecular weight is 447 g/mol. The smallest absolute Gasteiger partial charge is 0.387 e. The molecule has 0 aliphatic rings. The number of rotatable bonds is 8. The highest BCUT2D eigenvalue weighted by Crippen LogP contribution is 2.28. The number of nitrogens with zero attached hydrogens (tertiary/aromatic N) is 1. The predicted octanol–water partition coefficient (Wildman–Crippen LogP) is 6.69. The van der Waals surface area contributed by atoms with Crippen LogP contribution in [-0.4, -0.2) is 28.8 Å². The van der Waals surface area contributed by atoms with E-state index in [1.807, 2.05) is 26.0 Å². The second-order valence-electron chi connectivity index (χ2n) is 5.92. The lowest BCUT2D eigenvalue weighted by Crippen LogP contribution is -2.04. The summed E-state index contributed by atoms with van der Waals surface area (Å²) >= 11 is 11.4. The minimum Gasteiger partial charge on any atom is -0.435 e. The summed E-state index contributed by atoms with van der Waals surface area (Å²) in [6, 6.07) is 7.12. The molecule has 0 unspecified atom stereocenters. The van der Waals surface area contributed by atoms with Gasteiger partial charge in [0.25, 0.3) is 0 Å². The molecule has 3 nitrogen and oxygen atoms in total. The van der Waals surface area contributed by atoms with Crippen LogP contribution in [0.5, 0.6) is 5.75 Å². The van der Waals surface area contributed by atoms with Gasteiger partial charge in [0.2, 0.25) is 0 Å². The second kappa shape index (κ2) is 13.0. The number of hydrogen-bond donors (Lipinski definition) is 2. The zero-order valence-electron chi connectivity index (χ0n) is 16.1. The molecular formula is C20H25ClF2N2OS2. The van der Waals surface area contributed by atoms with Crippen LogP contribution in [0.25, 0.3) is 0 Å². The zero-order chi connectivity index (χ0) is 21.1. The molecule has 0 saturated heterocycles. The topological polar surface area (TPSA) is 46.0 Å². The van der Waals surface area contributed by atoms with Crippen LogP contribution in [0.4, 0.5) is 8.78 Å². The van der Waals surface area contributed by atoms with Crippen LogP contribution in [-0.2, 0) is 6.42 Å². The molecule has 2 rings (SSSR count). The fraction of sp³-hybridized carbons (Fsp3) is 0.400. The van der Waals surface area contributed by atoms with Gasteiger partial charge in [-0.05, 0) is 61.4 Å². The van der Waals surface area contributed by atoms with Crippen LogP contribution < -0.4 is 4.74 Å². The largest absolute Gasteiger partial charge is 0.435 e. The molecule has 0 aliphatic carbocycles. The van der Waals surface area contributed by atoms with Crippen molar-refractivity contribution in [3.05, 3.63) is 52.3 Å². The van der Waals surface area contributed by atoms with Crippen LogP contribution >= 0.6 is 36.0 Å². The van der Waals surface area contributed by atoms with Crippen LogP contribution in [0.15, 0.2) is 35.4 Å². The number of hydrogen-bond acceptors (Lipinski definition) is 5. The highest BCUT2D eigenvalue weighted by atomic mass is 35.5. The number of pyridine rings is 1. The SMILES string of the molecule is CC(=N)c1cnc(Cl)cc1C.CCCc1cc(SCCS)ccc1OC(F)F. The van der Waals surface area contributed by atoms with Crippen molar-refractivity contribution in [2.45, 2.75) is 45.1 Å². The maximum atomic E-state index is 12.2. The lowest BCUT2D eigenvalue weighted by Gasteiger charge is -2.11. The summed E-state index contributed by atoms with van der Waals surface area (Å²) < 4.78 is 28.9. The third-order valence-electron chi connectivity index (χ3n) is 3.61. The summed E-state index contributed by atoms with van der Waals surface area (Å²) in [7, 11) is 0. The van der Waals surface area contributed by atoms with Crippen molar-refractivity contribution >= 4 is 41.7 Å². The molecule has 0 bridgehead atoms. The Hall–Kier alpha value is -1.31. The highest BCUT2D eigenvalue weighted by Gasteiger charge is 2.10. The van der Waals surface area contributed by atoms with E-state index in [0.717, 1.165) is 45.9 Å². The Labute approximate surface area is 180 Å². The molecule has 0 fully saturated rings. The van der Waals surface area contributed by atoms with E-state index in [1.54, 1.807) is 37.0 Å². The molecule has 1 heterocycles. The normalized spacial score (nSPS) is 10.4. The van der Waals surface area contributed by atoms with Crippen molar-refractivity contribution in [3.63, 3.8) is 0 Å². The van der Waals surface area contributed by atoms with Crippen molar-refractivity contribution in [3.8, 4) is 5.75 Å². The molecule has 1 N–H and O–H groups in total. The fourth-order valence-corrected chi connectivity index (χ4v) is 3.60. The number of thiol groups is 1. The number of nitrogens with one attached hydrogen (secondary N) is 1. The van der Waals surface area contributed by atoms with E-state index >= 15 is 0 Å². The quantitative estimate of drug-likeness (QED) is 0.205. The molecule has 0 amide bonds. The third kappa shape index (κ3) is 8.80. The van der Waals surface area contributed by atoms with Gasteiger partial charge in [0.05, 0.1) is 0 Å². The molecule has 0 aliphatic heterocycles. The Morgan fingerprint density at radius 3 is 2.61 bits per heavy atom. The number of alkyl halides is 2. The van der Waals surface area contributed by atoms with Crippen molar-refractivity contribution in [2.75, 3.05) is 11.5 Å². The van der Waals surface area contributed by atoms with E-state index < -0.39 is 6.61 Å². The van der Waals surface area contributed by atoms with Gasteiger partial charge >= 0.3 is 6.61 Å².